The Balaban J connectivity index is 2.12. The summed E-state index contributed by atoms with van der Waals surface area (Å²) in [5.41, 5.74) is 0.232. The molecular weight excluding hydrogens is 157 g/mol. The third-order valence-corrected chi connectivity index (χ3v) is 2.23. The zero-order valence-electron chi connectivity index (χ0n) is 8.14. The normalized spacial score (nSPS) is 21.0. The van der Waals surface area contributed by atoms with Crippen LogP contribution in [0.4, 0.5) is 4.39 Å². The molecule has 1 fully saturated rings. The Labute approximate surface area is 73.7 Å². The molecule has 1 saturated heterocycles. The molecule has 0 unspecified atom stereocenters. The van der Waals surface area contributed by atoms with E-state index in [1.165, 1.54) is 0 Å². The fourth-order valence-electron chi connectivity index (χ4n) is 1.30. The lowest BCUT2D eigenvalue weighted by Gasteiger charge is -2.47. The third kappa shape index (κ3) is 2.42. The molecular formula is C9H18FNO. The zero-order chi connectivity index (χ0) is 9.19. The first-order chi connectivity index (χ1) is 5.54. The Hall–Kier alpha value is -0.150. The molecule has 1 aliphatic heterocycles. The van der Waals surface area contributed by atoms with Crippen LogP contribution in [0, 0.1) is 0 Å². The number of ether oxygens (including phenoxy) is 1. The largest absolute Gasteiger partial charge is 0.373 e. The van der Waals surface area contributed by atoms with Crippen molar-refractivity contribution < 1.29 is 9.13 Å². The lowest BCUT2D eigenvalue weighted by molar-refractivity contribution is -0.0905. The summed E-state index contributed by atoms with van der Waals surface area (Å²) in [5.74, 6) is 0. The number of hydrogen-bond donors (Lipinski definition) is 0. The smallest absolute Gasteiger partial charge is 0.113 e. The van der Waals surface area contributed by atoms with Crippen LogP contribution in [-0.2, 0) is 4.74 Å². The molecule has 0 bridgehead atoms. The van der Waals surface area contributed by atoms with Gasteiger partial charge in [-0.3, -0.25) is 4.90 Å². The Morgan fingerprint density at radius 1 is 1.42 bits per heavy atom. The topological polar surface area (TPSA) is 12.5 Å². The molecule has 2 nitrogen and oxygen atoms in total. The van der Waals surface area contributed by atoms with Gasteiger partial charge in [0, 0.05) is 18.6 Å². The summed E-state index contributed by atoms with van der Waals surface area (Å²) in [5, 5.41) is 0. The maximum absolute atomic E-state index is 11.7. The second-order valence-electron chi connectivity index (χ2n) is 4.26. The molecule has 1 aliphatic rings. The average molecular weight is 175 g/mol. The number of alkyl halides is 1. The molecule has 0 saturated carbocycles. The van der Waals surface area contributed by atoms with Gasteiger partial charge in [-0.2, -0.15) is 0 Å². The fourth-order valence-corrected chi connectivity index (χ4v) is 1.30. The van der Waals surface area contributed by atoms with Gasteiger partial charge in [0.25, 0.3) is 0 Å². The van der Waals surface area contributed by atoms with Gasteiger partial charge in [-0.25, -0.2) is 4.39 Å². The highest BCUT2D eigenvalue weighted by Gasteiger charge is 2.34. The molecule has 0 atom stereocenters. The maximum atomic E-state index is 11.7. The predicted molar refractivity (Wildman–Crippen MR) is 47.0 cm³/mol. The van der Waals surface area contributed by atoms with Gasteiger partial charge in [0.2, 0.25) is 0 Å². The van der Waals surface area contributed by atoms with E-state index in [9.17, 15) is 4.39 Å². The van der Waals surface area contributed by atoms with Crippen molar-refractivity contribution in [1.82, 2.24) is 4.90 Å². The van der Waals surface area contributed by atoms with Crippen LogP contribution in [0.25, 0.3) is 0 Å². The van der Waals surface area contributed by atoms with Gasteiger partial charge in [-0.05, 0) is 20.8 Å². The van der Waals surface area contributed by atoms with Crippen molar-refractivity contribution in [2.75, 3.05) is 26.4 Å². The van der Waals surface area contributed by atoms with E-state index in [-0.39, 0.29) is 24.9 Å². The van der Waals surface area contributed by atoms with Gasteiger partial charge in [0.05, 0.1) is 12.7 Å². The first-order valence-corrected chi connectivity index (χ1v) is 4.46. The number of hydrogen-bond acceptors (Lipinski definition) is 2. The van der Waals surface area contributed by atoms with Crippen molar-refractivity contribution >= 4 is 0 Å². The molecule has 0 N–H and O–H groups in total. The van der Waals surface area contributed by atoms with Crippen molar-refractivity contribution in [3.05, 3.63) is 0 Å². The monoisotopic (exact) mass is 175 g/mol. The van der Waals surface area contributed by atoms with Gasteiger partial charge in [0.1, 0.15) is 6.67 Å². The van der Waals surface area contributed by atoms with Crippen molar-refractivity contribution in [3.8, 4) is 0 Å². The summed E-state index contributed by atoms with van der Waals surface area (Å²) in [4.78, 5) is 2.33. The number of halogens is 1. The van der Waals surface area contributed by atoms with Crippen LogP contribution in [-0.4, -0.2) is 42.9 Å². The van der Waals surface area contributed by atoms with E-state index in [0.717, 1.165) is 13.1 Å². The summed E-state index contributed by atoms with van der Waals surface area (Å²) >= 11 is 0. The van der Waals surface area contributed by atoms with Crippen LogP contribution in [0.5, 0.6) is 0 Å². The van der Waals surface area contributed by atoms with Crippen LogP contribution < -0.4 is 0 Å². The first kappa shape index (κ1) is 9.93. The highest BCUT2D eigenvalue weighted by atomic mass is 19.1. The molecule has 0 amide bonds. The van der Waals surface area contributed by atoms with Crippen LogP contribution in [0.1, 0.15) is 20.8 Å². The van der Waals surface area contributed by atoms with E-state index in [2.05, 4.69) is 25.7 Å². The molecule has 1 rings (SSSR count). The molecule has 0 spiro atoms. The second kappa shape index (κ2) is 3.71. The van der Waals surface area contributed by atoms with E-state index >= 15 is 0 Å². The van der Waals surface area contributed by atoms with Crippen molar-refractivity contribution in [2.24, 2.45) is 0 Å². The molecule has 0 aromatic carbocycles. The van der Waals surface area contributed by atoms with Crippen molar-refractivity contribution in [1.29, 1.82) is 0 Å². The Bertz CT molecular complexity index is 138. The quantitative estimate of drug-likeness (QED) is 0.644. The van der Waals surface area contributed by atoms with Crippen molar-refractivity contribution in [3.63, 3.8) is 0 Å². The van der Waals surface area contributed by atoms with Crippen LogP contribution >= 0.6 is 0 Å². The van der Waals surface area contributed by atoms with Gasteiger partial charge in [0.15, 0.2) is 0 Å². The Kier molecular flexibility index (Phi) is 3.07. The maximum Gasteiger partial charge on any atom is 0.113 e. The van der Waals surface area contributed by atoms with E-state index in [1.807, 2.05) is 0 Å². The van der Waals surface area contributed by atoms with E-state index < -0.39 is 0 Å². The molecule has 12 heavy (non-hydrogen) atoms. The molecule has 1 heterocycles. The third-order valence-electron chi connectivity index (χ3n) is 2.23. The Morgan fingerprint density at radius 3 is 2.42 bits per heavy atom. The molecule has 0 aromatic rings. The summed E-state index contributed by atoms with van der Waals surface area (Å²) in [6.45, 7) is 8.32. The number of likely N-dealkylation sites (tertiary alicyclic amines) is 1. The van der Waals surface area contributed by atoms with E-state index in [0.29, 0.717) is 0 Å². The number of nitrogens with zero attached hydrogens (tertiary/aromatic N) is 1. The zero-order valence-corrected chi connectivity index (χ0v) is 8.14. The second-order valence-corrected chi connectivity index (χ2v) is 4.26. The van der Waals surface area contributed by atoms with Crippen LogP contribution in [0.2, 0.25) is 0 Å². The van der Waals surface area contributed by atoms with Crippen LogP contribution in [0.15, 0.2) is 0 Å². The SMILES string of the molecule is CC(C)(C)N1CC(OCCF)C1. The number of rotatable bonds is 3. The van der Waals surface area contributed by atoms with Crippen LogP contribution in [0.3, 0.4) is 0 Å². The summed E-state index contributed by atoms with van der Waals surface area (Å²) in [6, 6.07) is 0. The van der Waals surface area contributed by atoms with Crippen molar-refractivity contribution in [2.45, 2.75) is 32.4 Å². The highest BCUT2D eigenvalue weighted by molar-refractivity contribution is 4.89. The average Bonchev–Trinajstić information content (AvgIpc) is 1.81. The summed E-state index contributed by atoms with van der Waals surface area (Å²) < 4.78 is 16.9. The molecule has 3 heteroatoms. The van der Waals surface area contributed by atoms with Gasteiger partial charge in [-0.1, -0.05) is 0 Å². The minimum absolute atomic E-state index is 0.232. The Morgan fingerprint density at radius 2 is 2.00 bits per heavy atom. The summed E-state index contributed by atoms with van der Waals surface area (Å²) in [7, 11) is 0. The highest BCUT2D eigenvalue weighted by Crippen LogP contribution is 2.22. The standard InChI is InChI=1S/C9H18FNO/c1-9(2,3)11-6-8(7-11)12-5-4-10/h8H,4-7H2,1-3H3. The molecule has 0 aliphatic carbocycles. The van der Waals surface area contributed by atoms with Gasteiger partial charge in [-0.15, -0.1) is 0 Å². The molecule has 0 aromatic heterocycles. The predicted octanol–water partition coefficient (Wildman–Crippen LogP) is 1.46. The van der Waals surface area contributed by atoms with Gasteiger partial charge >= 0.3 is 0 Å². The fraction of sp³-hybridized carbons (Fsp3) is 1.00. The minimum atomic E-state index is -0.369. The minimum Gasteiger partial charge on any atom is -0.373 e. The lowest BCUT2D eigenvalue weighted by Crippen LogP contribution is -2.59. The molecule has 0 radical (unpaired) electrons. The summed E-state index contributed by atoms with van der Waals surface area (Å²) in [6.07, 6.45) is 0.264. The van der Waals surface area contributed by atoms with Gasteiger partial charge < -0.3 is 4.74 Å². The lowest BCUT2D eigenvalue weighted by atomic mass is 9.99. The van der Waals surface area contributed by atoms with E-state index in [1.54, 1.807) is 0 Å². The first-order valence-electron chi connectivity index (χ1n) is 4.46. The van der Waals surface area contributed by atoms with E-state index in [4.69, 9.17) is 4.74 Å². The molecule has 72 valence electrons.